The van der Waals surface area contributed by atoms with Gasteiger partial charge in [0.15, 0.2) is 5.43 Å². The maximum Gasteiger partial charge on any atom is 0.341 e. The molecule has 1 heterocycles. The van der Waals surface area contributed by atoms with Crippen molar-refractivity contribution in [3.05, 3.63) is 94.6 Å². The maximum atomic E-state index is 12.8. The average Bonchev–Trinajstić information content (AvgIpc) is 2.82. The second kappa shape index (κ2) is 9.17. The first-order chi connectivity index (χ1) is 15.2. The Morgan fingerprint density at radius 3 is 2.29 bits per heavy atom. The minimum Gasteiger partial charge on any atom is -0.489 e. The Labute approximate surface area is 178 Å². The van der Waals surface area contributed by atoms with Crippen LogP contribution in [0.3, 0.4) is 0 Å². The molecule has 0 spiro atoms. The zero-order valence-electron chi connectivity index (χ0n) is 16.9. The van der Waals surface area contributed by atoms with Gasteiger partial charge < -0.3 is 18.6 Å². The fraction of sp³-hybridized carbons (Fsp3) is 0.120. The topological polar surface area (TPSA) is 75.0 Å². The highest BCUT2D eigenvalue weighted by Gasteiger charge is 2.13. The summed E-state index contributed by atoms with van der Waals surface area (Å²) in [5, 5.41) is 0.372. The molecule has 0 aliphatic rings. The summed E-state index contributed by atoms with van der Waals surface area (Å²) in [5.41, 5.74) is 1.42. The first kappa shape index (κ1) is 20.2. The Kier molecular flexibility index (Phi) is 5.98. The molecule has 31 heavy (non-hydrogen) atoms. The molecule has 6 nitrogen and oxygen atoms in total. The van der Waals surface area contributed by atoms with Crippen molar-refractivity contribution in [3.63, 3.8) is 0 Å². The number of methoxy groups -OCH3 is 1. The van der Waals surface area contributed by atoms with E-state index in [1.165, 1.54) is 13.2 Å². The molecule has 0 saturated heterocycles. The largest absolute Gasteiger partial charge is 0.489 e. The minimum absolute atomic E-state index is 0.175. The molecular weight excluding hydrogens is 396 g/mol. The van der Waals surface area contributed by atoms with E-state index in [4.69, 9.17) is 18.6 Å². The van der Waals surface area contributed by atoms with Crippen molar-refractivity contribution in [1.82, 2.24) is 0 Å². The van der Waals surface area contributed by atoms with Crippen LogP contribution in [-0.2, 0) is 4.74 Å². The first-order valence-electron chi connectivity index (χ1n) is 9.72. The van der Waals surface area contributed by atoms with Gasteiger partial charge in [-0.25, -0.2) is 4.79 Å². The molecule has 0 atom stereocenters. The second-order valence-electron chi connectivity index (χ2n) is 6.65. The van der Waals surface area contributed by atoms with Crippen molar-refractivity contribution in [2.45, 2.75) is 0 Å². The molecule has 6 heteroatoms. The third kappa shape index (κ3) is 4.43. The Hall–Kier alpha value is -4.06. The summed E-state index contributed by atoms with van der Waals surface area (Å²) >= 11 is 0. The van der Waals surface area contributed by atoms with E-state index in [-0.39, 0.29) is 18.6 Å². The number of hydrogen-bond acceptors (Lipinski definition) is 6. The van der Waals surface area contributed by atoms with Crippen LogP contribution < -0.4 is 14.9 Å². The van der Waals surface area contributed by atoms with Crippen molar-refractivity contribution in [1.29, 1.82) is 0 Å². The monoisotopic (exact) mass is 416 g/mol. The van der Waals surface area contributed by atoms with Gasteiger partial charge in [-0.2, -0.15) is 0 Å². The Morgan fingerprint density at radius 1 is 0.839 bits per heavy atom. The van der Waals surface area contributed by atoms with Gasteiger partial charge in [0.2, 0.25) is 0 Å². The quantitative estimate of drug-likeness (QED) is 0.321. The lowest BCUT2D eigenvalue weighted by Gasteiger charge is -2.12. The van der Waals surface area contributed by atoms with E-state index in [0.717, 1.165) is 5.56 Å². The molecule has 0 aliphatic carbocycles. The van der Waals surface area contributed by atoms with Crippen LogP contribution in [-0.4, -0.2) is 26.3 Å². The number of carbonyl (C=O) groups is 1. The van der Waals surface area contributed by atoms with Gasteiger partial charge in [0.1, 0.15) is 47.0 Å². The fourth-order valence-electron chi connectivity index (χ4n) is 3.22. The van der Waals surface area contributed by atoms with Crippen LogP contribution in [0.1, 0.15) is 10.4 Å². The van der Waals surface area contributed by atoms with Crippen LogP contribution in [0.5, 0.6) is 11.5 Å². The Morgan fingerprint density at radius 2 is 1.52 bits per heavy atom. The summed E-state index contributed by atoms with van der Waals surface area (Å²) in [7, 11) is 1.32. The highest BCUT2D eigenvalue weighted by molar-refractivity contribution is 5.92. The van der Waals surface area contributed by atoms with Crippen molar-refractivity contribution in [3.8, 4) is 22.8 Å². The van der Waals surface area contributed by atoms with Gasteiger partial charge in [-0.05, 0) is 24.3 Å². The van der Waals surface area contributed by atoms with Crippen molar-refractivity contribution in [2.75, 3.05) is 20.3 Å². The van der Waals surface area contributed by atoms with Crippen LogP contribution in [0.2, 0.25) is 0 Å². The predicted octanol–water partition coefficient (Wildman–Crippen LogP) is 4.70. The molecule has 0 fully saturated rings. The van der Waals surface area contributed by atoms with E-state index in [2.05, 4.69) is 0 Å². The van der Waals surface area contributed by atoms with E-state index < -0.39 is 5.97 Å². The standard InChI is InChI=1S/C25H20O6/c1-28-25(27)18-10-5-6-11-20(18)29-14-15-30-21-12-7-13-22-24(21)19(26)16-23(31-22)17-8-3-2-4-9-17/h2-13,16H,14-15H2,1H3. The molecule has 0 amide bonds. The molecule has 0 aliphatic heterocycles. The number of hydrogen-bond donors (Lipinski definition) is 0. The molecule has 0 bridgehead atoms. The molecule has 4 rings (SSSR count). The lowest BCUT2D eigenvalue weighted by atomic mass is 10.1. The number of para-hydroxylation sites is 1. The number of ether oxygens (including phenoxy) is 3. The van der Waals surface area contributed by atoms with Crippen LogP contribution in [0.4, 0.5) is 0 Å². The minimum atomic E-state index is -0.475. The summed E-state index contributed by atoms with van der Waals surface area (Å²) in [4.78, 5) is 24.6. The van der Waals surface area contributed by atoms with Gasteiger partial charge in [0.25, 0.3) is 0 Å². The van der Waals surface area contributed by atoms with Gasteiger partial charge in [0, 0.05) is 11.6 Å². The maximum absolute atomic E-state index is 12.8. The molecule has 0 unspecified atom stereocenters. The second-order valence-corrected chi connectivity index (χ2v) is 6.65. The zero-order chi connectivity index (χ0) is 21.6. The van der Waals surface area contributed by atoms with E-state index >= 15 is 0 Å². The number of carbonyl (C=O) groups excluding carboxylic acids is 1. The molecule has 3 aromatic carbocycles. The Bertz CT molecular complexity index is 1260. The molecular formula is C25H20O6. The van der Waals surface area contributed by atoms with E-state index in [9.17, 15) is 9.59 Å². The van der Waals surface area contributed by atoms with Crippen molar-refractivity contribution < 1.29 is 23.4 Å². The number of esters is 1. The molecule has 0 saturated carbocycles. The smallest absolute Gasteiger partial charge is 0.341 e. The Balaban J connectivity index is 1.50. The van der Waals surface area contributed by atoms with Crippen LogP contribution >= 0.6 is 0 Å². The number of fused-ring (bicyclic) bond motifs is 1. The molecule has 0 radical (unpaired) electrons. The van der Waals surface area contributed by atoms with Crippen molar-refractivity contribution in [2.24, 2.45) is 0 Å². The van der Waals surface area contributed by atoms with Gasteiger partial charge in [-0.3, -0.25) is 4.79 Å². The summed E-state index contributed by atoms with van der Waals surface area (Å²) in [5.74, 6) is 0.842. The van der Waals surface area contributed by atoms with Crippen molar-refractivity contribution >= 4 is 16.9 Å². The normalized spacial score (nSPS) is 10.6. The third-order valence-electron chi connectivity index (χ3n) is 4.67. The van der Waals surface area contributed by atoms with E-state index in [0.29, 0.717) is 33.8 Å². The summed E-state index contributed by atoms with van der Waals surface area (Å²) in [6, 6.07) is 22.9. The molecule has 4 aromatic rings. The van der Waals surface area contributed by atoms with E-state index in [1.807, 2.05) is 30.3 Å². The SMILES string of the molecule is COC(=O)c1ccccc1OCCOc1cccc2oc(-c3ccccc3)cc(=O)c12. The summed E-state index contributed by atoms with van der Waals surface area (Å²) in [6.45, 7) is 0.353. The van der Waals surface area contributed by atoms with Crippen LogP contribution in [0, 0.1) is 0 Å². The highest BCUT2D eigenvalue weighted by Crippen LogP contribution is 2.27. The molecule has 156 valence electrons. The van der Waals surface area contributed by atoms with Gasteiger partial charge in [-0.15, -0.1) is 0 Å². The predicted molar refractivity (Wildman–Crippen MR) is 117 cm³/mol. The van der Waals surface area contributed by atoms with Gasteiger partial charge in [0.05, 0.1) is 7.11 Å². The number of rotatable bonds is 7. The van der Waals surface area contributed by atoms with Gasteiger partial charge in [-0.1, -0.05) is 48.5 Å². The van der Waals surface area contributed by atoms with Crippen LogP contribution in [0.15, 0.2) is 88.1 Å². The third-order valence-corrected chi connectivity index (χ3v) is 4.67. The first-order valence-corrected chi connectivity index (χ1v) is 9.72. The van der Waals surface area contributed by atoms with Gasteiger partial charge >= 0.3 is 5.97 Å². The zero-order valence-corrected chi connectivity index (χ0v) is 16.9. The van der Waals surface area contributed by atoms with E-state index in [1.54, 1.807) is 42.5 Å². The fourth-order valence-corrected chi connectivity index (χ4v) is 3.22. The number of benzene rings is 3. The molecule has 1 aromatic heterocycles. The molecule has 0 N–H and O–H groups in total. The lowest BCUT2D eigenvalue weighted by Crippen LogP contribution is -2.13. The summed E-state index contributed by atoms with van der Waals surface area (Å²) < 4.78 is 22.2. The highest BCUT2D eigenvalue weighted by atomic mass is 16.5. The lowest BCUT2D eigenvalue weighted by molar-refractivity contribution is 0.0595. The summed E-state index contributed by atoms with van der Waals surface area (Å²) in [6.07, 6.45) is 0. The average molecular weight is 416 g/mol. The van der Waals surface area contributed by atoms with Crippen LogP contribution in [0.25, 0.3) is 22.3 Å².